The molecule has 120 valence electrons. The van der Waals surface area contributed by atoms with Gasteiger partial charge >= 0.3 is 0 Å². The third kappa shape index (κ3) is 3.82. The normalized spacial score (nSPS) is 19.6. The Morgan fingerprint density at radius 1 is 1.55 bits per heavy atom. The molecule has 0 aromatic carbocycles. The first-order valence-corrected chi connectivity index (χ1v) is 8.82. The number of nitrogens with one attached hydrogen (secondary N) is 1. The highest BCUT2D eigenvalue weighted by molar-refractivity contribution is 7.91. The van der Waals surface area contributed by atoms with Crippen molar-refractivity contribution in [1.29, 1.82) is 0 Å². The number of carbonyl (C=O) groups is 1. The van der Waals surface area contributed by atoms with Crippen molar-refractivity contribution in [3.8, 4) is 0 Å². The summed E-state index contributed by atoms with van der Waals surface area (Å²) in [6, 6.07) is 1.30. The predicted octanol–water partition coefficient (Wildman–Crippen LogP) is 0.642. The molecule has 0 bridgehead atoms. The first kappa shape index (κ1) is 16.4. The van der Waals surface area contributed by atoms with Gasteiger partial charge in [-0.2, -0.15) is 0 Å². The van der Waals surface area contributed by atoms with Crippen LogP contribution in [0.5, 0.6) is 0 Å². The van der Waals surface area contributed by atoms with Crippen LogP contribution in [-0.2, 0) is 9.84 Å². The number of anilines is 1. The van der Waals surface area contributed by atoms with Gasteiger partial charge in [0.25, 0.3) is 5.91 Å². The van der Waals surface area contributed by atoms with Crippen molar-refractivity contribution in [1.82, 2.24) is 14.9 Å². The summed E-state index contributed by atoms with van der Waals surface area (Å²) >= 11 is 0. The number of nitrogens with zero attached hydrogens (tertiary/aromatic N) is 3. The molecule has 1 atom stereocenters. The van der Waals surface area contributed by atoms with Crippen LogP contribution in [-0.4, -0.2) is 60.3 Å². The summed E-state index contributed by atoms with van der Waals surface area (Å²) in [4.78, 5) is 22.4. The van der Waals surface area contributed by atoms with Crippen LogP contribution in [0.4, 0.5) is 5.95 Å². The Balaban J connectivity index is 2.18. The standard InChI is InChI=1S/C14H20N4O3S/c1-4-6-15-14-16-10(2)8-12(17-14)13(19)18(3)11-5-7-22(20,21)9-11/h4,8,11H,1,5-7,9H2,2-3H3,(H,15,16,17). The van der Waals surface area contributed by atoms with Gasteiger partial charge in [-0.05, 0) is 19.4 Å². The Bertz CT molecular complexity index is 687. The Morgan fingerprint density at radius 2 is 2.27 bits per heavy atom. The van der Waals surface area contributed by atoms with Gasteiger partial charge in [0.05, 0.1) is 11.5 Å². The highest BCUT2D eigenvalue weighted by Gasteiger charge is 2.33. The van der Waals surface area contributed by atoms with Crippen molar-refractivity contribution >= 4 is 21.7 Å². The summed E-state index contributed by atoms with van der Waals surface area (Å²) < 4.78 is 23.1. The first-order valence-electron chi connectivity index (χ1n) is 7.00. The molecule has 1 saturated heterocycles. The van der Waals surface area contributed by atoms with Crippen LogP contribution < -0.4 is 5.32 Å². The van der Waals surface area contributed by atoms with Crippen molar-refractivity contribution in [2.45, 2.75) is 19.4 Å². The minimum absolute atomic E-state index is 0.0148. The van der Waals surface area contributed by atoms with E-state index in [0.717, 1.165) is 0 Å². The molecule has 0 radical (unpaired) electrons. The lowest BCUT2D eigenvalue weighted by Crippen LogP contribution is -2.38. The zero-order valence-corrected chi connectivity index (χ0v) is 13.6. The minimum Gasteiger partial charge on any atom is -0.351 e. The fraction of sp³-hybridized carbons (Fsp3) is 0.500. The molecule has 1 aromatic rings. The second-order valence-corrected chi connectivity index (χ2v) is 7.59. The molecule has 1 aromatic heterocycles. The van der Waals surface area contributed by atoms with Gasteiger partial charge < -0.3 is 10.2 Å². The summed E-state index contributed by atoms with van der Waals surface area (Å²) in [5.41, 5.74) is 0.920. The summed E-state index contributed by atoms with van der Waals surface area (Å²) in [7, 11) is -1.42. The van der Waals surface area contributed by atoms with Crippen LogP contribution in [0.25, 0.3) is 0 Å². The van der Waals surface area contributed by atoms with E-state index in [2.05, 4.69) is 21.9 Å². The zero-order valence-electron chi connectivity index (χ0n) is 12.7. The van der Waals surface area contributed by atoms with Crippen molar-refractivity contribution in [2.75, 3.05) is 30.4 Å². The van der Waals surface area contributed by atoms with E-state index >= 15 is 0 Å². The lowest BCUT2D eigenvalue weighted by atomic mass is 10.2. The Hall–Kier alpha value is -1.96. The second-order valence-electron chi connectivity index (χ2n) is 5.36. The van der Waals surface area contributed by atoms with Gasteiger partial charge in [-0.25, -0.2) is 18.4 Å². The van der Waals surface area contributed by atoms with E-state index in [4.69, 9.17) is 0 Å². The number of hydrogen-bond acceptors (Lipinski definition) is 6. The molecule has 22 heavy (non-hydrogen) atoms. The Morgan fingerprint density at radius 3 is 2.86 bits per heavy atom. The van der Waals surface area contributed by atoms with E-state index in [-0.39, 0.29) is 29.1 Å². The third-order valence-corrected chi connectivity index (χ3v) is 5.30. The smallest absolute Gasteiger partial charge is 0.272 e. The highest BCUT2D eigenvalue weighted by atomic mass is 32.2. The lowest BCUT2D eigenvalue weighted by Gasteiger charge is -2.23. The molecule has 0 spiro atoms. The average Bonchev–Trinajstić information content (AvgIpc) is 2.83. The van der Waals surface area contributed by atoms with E-state index in [0.29, 0.717) is 24.6 Å². The van der Waals surface area contributed by atoms with Gasteiger partial charge in [-0.3, -0.25) is 4.79 Å². The molecule has 2 heterocycles. The van der Waals surface area contributed by atoms with Crippen molar-refractivity contribution in [3.63, 3.8) is 0 Å². The topological polar surface area (TPSA) is 92.3 Å². The van der Waals surface area contributed by atoms with Crippen molar-refractivity contribution < 1.29 is 13.2 Å². The third-order valence-electron chi connectivity index (χ3n) is 3.55. The average molecular weight is 324 g/mol. The van der Waals surface area contributed by atoms with E-state index in [9.17, 15) is 13.2 Å². The molecule has 1 fully saturated rings. The zero-order chi connectivity index (χ0) is 16.3. The number of aromatic nitrogens is 2. The number of aryl methyl sites for hydroxylation is 1. The SMILES string of the molecule is C=CCNc1nc(C)cc(C(=O)N(C)C2CCS(=O)(=O)C2)n1. The maximum atomic E-state index is 12.5. The molecule has 7 nitrogen and oxygen atoms in total. The number of hydrogen-bond donors (Lipinski definition) is 1. The first-order chi connectivity index (χ1) is 10.3. The number of carbonyl (C=O) groups excluding carboxylic acids is 1. The van der Waals surface area contributed by atoms with E-state index in [1.807, 2.05) is 0 Å². The van der Waals surface area contributed by atoms with Crippen LogP contribution in [0.1, 0.15) is 22.6 Å². The second kappa shape index (κ2) is 6.43. The summed E-state index contributed by atoms with van der Waals surface area (Å²) in [5, 5.41) is 2.95. The maximum absolute atomic E-state index is 12.5. The van der Waals surface area contributed by atoms with Gasteiger partial charge in [-0.1, -0.05) is 6.08 Å². The Labute approximate surface area is 130 Å². The van der Waals surface area contributed by atoms with Crippen LogP contribution in [0.3, 0.4) is 0 Å². The molecule has 1 aliphatic rings. The lowest BCUT2D eigenvalue weighted by molar-refractivity contribution is 0.0741. The molecule has 0 aliphatic carbocycles. The molecule has 0 saturated carbocycles. The van der Waals surface area contributed by atoms with Gasteiger partial charge in [0.2, 0.25) is 5.95 Å². The quantitative estimate of drug-likeness (QED) is 0.799. The largest absolute Gasteiger partial charge is 0.351 e. The molecule has 1 N–H and O–H groups in total. The van der Waals surface area contributed by atoms with Crippen molar-refractivity contribution in [2.24, 2.45) is 0 Å². The number of amides is 1. The summed E-state index contributed by atoms with van der Waals surface area (Å²) in [6.45, 7) is 5.87. The van der Waals surface area contributed by atoms with Crippen molar-refractivity contribution in [3.05, 3.63) is 30.1 Å². The highest BCUT2D eigenvalue weighted by Crippen LogP contribution is 2.18. The van der Waals surface area contributed by atoms with Gasteiger partial charge in [-0.15, -0.1) is 6.58 Å². The molecular weight excluding hydrogens is 304 g/mol. The summed E-state index contributed by atoms with van der Waals surface area (Å²) in [6.07, 6.45) is 2.14. The van der Waals surface area contributed by atoms with Crippen LogP contribution in [0.15, 0.2) is 18.7 Å². The molecular formula is C14H20N4O3S. The van der Waals surface area contributed by atoms with E-state index < -0.39 is 9.84 Å². The fourth-order valence-electron chi connectivity index (χ4n) is 2.35. The maximum Gasteiger partial charge on any atom is 0.272 e. The van der Waals surface area contributed by atoms with Crippen LogP contribution in [0, 0.1) is 6.92 Å². The summed E-state index contributed by atoms with van der Waals surface area (Å²) in [5.74, 6) is 0.204. The van der Waals surface area contributed by atoms with Crippen LogP contribution in [0.2, 0.25) is 0 Å². The molecule has 1 amide bonds. The van der Waals surface area contributed by atoms with Crippen LogP contribution >= 0.6 is 0 Å². The monoisotopic (exact) mass is 324 g/mol. The minimum atomic E-state index is -3.03. The number of rotatable bonds is 5. The number of sulfone groups is 1. The van der Waals surface area contributed by atoms with E-state index in [1.165, 1.54) is 4.90 Å². The van der Waals surface area contributed by atoms with Gasteiger partial charge in [0, 0.05) is 25.3 Å². The van der Waals surface area contributed by atoms with Gasteiger partial charge in [0.15, 0.2) is 9.84 Å². The fourth-order valence-corrected chi connectivity index (χ4v) is 4.12. The Kier molecular flexibility index (Phi) is 4.80. The molecule has 1 unspecified atom stereocenters. The van der Waals surface area contributed by atoms with E-state index in [1.54, 1.807) is 26.1 Å². The van der Waals surface area contributed by atoms with Gasteiger partial charge in [0.1, 0.15) is 5.69 Å². The molecule has 2 rings (SSSR count). The molecule has 8 heteroatoms. The predicted molar refractivity (Wildman–Crippen MR) is 84.6 cm³/mol. The molecule has 1 aliphatic heterocycles.